The van der Waals surface area contributed by atoms with Gasteiger partial charge in [-0.25, -0.2) is 14.2 Å². The first-order valence-electron chi connectivity index (χ1n) is 10.7. The quantitative estimate of drug-likeness (QED) is 0.657. The van der Waals surface area contributed by atoms with Crippen LogP contribution in [0.15, 0.2) is 30.7 Å². The van der Waals surface area contributed by atoms with Gasteiger partial charge in [0.2, 0.25) is 0 Å². The summed E-state index contributed by atoms with van der Waals surface area (Å²) in [6.45, 7) is 1.51. The summed E-state index contributed by atoms with van der Waals surface area (Å²) in [6.07, 6.45) is 8.01. The van der Waals surface area contributed by atoms with Crippen LogP contribution in [0.4, 0.5) is 0 Å². The third-order valence-corrected chi connectivity index (χ3v) is 7.06. The number of nitrogens with zero attached hydrogens (tertiary/aromatic N) is 7. The zero-order valence-electron chi connectivity index (χ0n) is 17.0. The van der Waals surface area contributed by atoms with Crippen LogP contribution in [0.5, 0.6) is 0 Å². The molecule has 9 nitrogen and oxygen atoms in total. The van der Waals surface area contributed by atoms with Crippen LogP contribution >= 0.6 is 0 Å². The van der Waals surface area contributed by atoms with Crippen LogP contribution in [-0.2, 0) is 4.74 Å². The minimum Gasteiger partial charge on any atom is -0.379 e. The Kier molecular flexibility index (Phi) is 4.12. The van der Waals surface area contributed by atoms with Crippen LogP contribution < -0.4 is 0 Å². The van der Waals surface area contributed by atoms with Gasteiger partial charge in [-0.05, 0) is 49.7 Å². The van der Waals surface area contributed by atoms with Crippen LogP contribution in [-0.4, -0.2) is 66.7 Å². The van der Waals surface area contributed by atoms with Crippen LogP contribution in [0.2, 0.25) is 0 Å². The molecule has 4 atom stereocenters. The number of fused-ring (bicyclic) bond motifs is 2. The molecule has 1 aliphatic heterocycles. The number of ether oxygens (including phenoxy) is 1. The lowest BCUT2D eigenvalue weighted by Gasteiger charge is -2.36. The number of aromatic nitrogens is 6. The average Bonchev–Trinajstić information content (AvgIpc) is 3.18. The summed E-state index contributed by atoms with van der Waals surface area (Å²) in [5.74, 6) is 1.49. The van der Waals surface area contributed by atoms with Gasteiger partial charge in [0.25, 0.3) is 5.91 Å². The molecule has 2 aliphatic carbocycles. The van der Waals surface area contributed by atoms with E-state index in [1.165, 1.54) is 19.2 Å². The molecule has 0 spiro atoms. The maximum Gasteiger partial charge on any atom is 0.272 e. The molecule has 2 saturated carbocycles. The minimum absolute atomic E-state index is 0.0165. The molecule has 3 aromatic heterocycles. The molecule has 9 heteroatoms. The summed E-state index contributed by atoms with van der Waals surface area (Å²) in [6, 6.07) is 5.71. The summed E-state index contributed by atoms with van der Waals surface area (Å²) >= 11 is 0. The van der Waals surface area contributed by atoms with E-state index in [0.717, 1.165) is 31.6 Å². The number of carbonyl (C=O) groups excluding carboxylic acids is 1. The zero-order chi connectivity index (χ0) is 20.2. The Morgan fingerprint density at radius 1 is 1.17 bits per heavy atom. The van der Waals surface area contributed by atoms with Gasteiger partial charge in [-0.15, -0.1) is 5.10 Å². The molecule has 4 heterocycles. The topological polar surface area (TPSA) is 90.4 Å². The van der Waals surface area contributed by atoms with E-state index >= 15 is 0 Å². The molecule has 0 unspecified atom stereocenters. The number of methoxy groups -OCH3 is 1. The van der Waals surface area contributed by atoms with E-state index in [0.29, 0.717) is 29.1 Å². The number of pyridine rings is 1. The highest BCUT2D eigenvalue weighted by atomic mass is 16.5. The molecule has 0 bridgehead atoms. The maximum atomic E-state index is 13.3. The van der Waals surface area contributed by atoms with Crippen molar-refractivity contribution in [2.45, 2.75) is 43.7 Å². The van der Waals surface area contributed by atoms with E-state index in [9.17, 15) is 4.79 Å². The van der Waals surface area contributed by atoms with Crippen molar-refractivity contribution in [2.24, 2.45) is 11.8 Å². The van der Waals surface area contributed by atoms with Gasteiger partial charge in [0.15, 0.2) is 5.65 Å². The molecule has 1 saturated heterocycles. The molecule has 30 heavy (non-hydrogen) atoms. The summed E-state index contributed by atoms with van der Waals surface area (Å²) < 4.78 is 9.50. The third kappa shape index (κ3) is 2.91. The predicted octanol–water partition coefficient (Wildman–Crippen LogP) is 1.94. The van der Waals surface area contributed by atoms with Gasteiger partial charge in [0, 0.05) is 32.3 Å². The van der Waals surface area contributed by atoms with Crippen LogP contribution in [0.25, 0.3) is 5.65 Å². The zero-order valence-corrected chi connectivity index (χ0v) is 17.0. The fraction of sp³-hybridized carbons (Fsp3) is 0.571. The number of likely N-dealkylation sites (tertiary alicyclic amines) is 1. The number of hydrogen-bond acceptors (Lipinski definition) is 6. The average molecular weight is 407 g/mol. The molecule has 0 N–H and O–H groups in total. The molecule has 1 amide bonds. The molecule has 0 radical (unpaired) electrons. The van der Waals surface area contributed by atoms with E-state index in [4.69, 9.17) is 4.74 Å². The van der Waals surface area contributed by atoms with Crippen molar-refractivity contribution in [2.75, 3.05) is 20.2 Å². The van der Waals surface area contributed by atoms with Crippen LogP contribution in [0.3, 0.4) is 0 Å². The highest BCUT2D eigenvalue weighted by Gasteiger charge is 2.45. The largest absolute Gasteiger partial charge is 0.379 e. The third-order valence-electron chi connectivity index (χ3n) is 7.06. The van der Waals surface area contributed by atoms with Crippen molar-refractivity contribution in [3.05, 3.63) is 42.1 Å². The fourth-order valence-electron chi connectivity index (χ4n) is 5.28. The van der Waals surface area contributed by atoms with Gasteiger partial charge in [-0.1, -0.05) is 11.3 Å². The first-order valence-corrected chi connectivity index (χ1v) is 10.7. The lowest BCUT2D eigenvalue weighted by Crippen LogP contribution is -2.37. The Bertz CT molecular complexity index is 1090. The van der Waals surface area contributed by atoms with Gasteiger partial charge in [0.05, 0.1) is 17.8 Å². The van der Waals surface area contributed by atoms with Gasteiger partial charge < -0.3 is 9.64 Å². The second-order valence-corrected chi connectivity index (χ2v) is 8.88. The molecule has 3 fully saturated rings. The Morgan fingerprint density at radius 3 is 2.80 bits per heavy atom. The van der Waals surface area contributed by atoms with Crippen molar-refractivity contribution in [1.29, 1.82) is 0 Å². The normalized spacial score (nSPS) is 28.8. The summed E-state index contributed by atoms with van der Waals surface area (Å²) in [5.41, 5.74) is 2.36. The second-order valence-electron chi connectivity index (χ2n) is 8.88. The number of hydrogen-bond donors (Lipinski definition) is 0. The Morgan fingerprint density at radius 2 is 2.00 bits per heavy atom. The minimum atomic E-state index is 0.0165. The lowest BCUT2D eigenvalue weighted by atomic mass is 9.77. The summed E-state index contributed by atoms with van der Waals surface area (Å²) in [5, 5.41) is 13.0. The van der Waals surface area contributed by atoms with Crippen LogP contribution in [0.1, 0.15) is 53.8 Å². The highest BCUT2D eigenvalue weighted by molar-refractivity contribution is 5.93. The first kappa shape index (κ1) is 18.0. The van der Waals surface area contributed by atoms with Gasteiger partial charge in [-0.3, -0.25) is 4.79 Å². The molecule has 3 aliphatic rings. The maximum absolute atomic E-state index is 13.3. The Balaban J connectivity index is 1.22. The van der Waals surface area contributed by atoms with Crippen molar-refractivity contribution in [1.82, 2.24) is 34.5 Å². The van der Waals surface area contributed by atoms with E-state index in [1.54, 1.807) is 11.6 Å². The van der Waals surface area contributed by atoms with E-state index in [-0.39, 0.29) is 18.1 Å². The molecular weight excluding hydrogens is 382 g/mol. The van der Waals surface area contributed by atoms with E-state index in [1.807, 2.05) is 27.8 Å². The van der Waals surface area contributed by atoms with Crippen molar-refractivity contribution < 1.29 is 9.53 Å². The Hall–Kier alpha value is -2.81. The summed E-state index contributed by atoms with van der Waals surface area (Å²) in [7, 11) is 1.78. The second kappa shape index (κ2) is 6.87. The smallest absolute Gasteiger partial charge is 0.272 e. The van der Waals surface area contributed by atoms with E-state index < -0.39 is 0 Å². The van der Waals surface area contributed by atoms with Crippen molar-refractivity contribution in [3.8, 4) is 0 Å². The monoisotopic (exact) mass is 407 g/mol. The van der Waals surface area contributed by atoms with Gasteiger partial charge >= 0.3 is 0 Å². The van der Waals surface area contributed by atoms with Gasteiger partial charge in [0.1, 0.15) is 12.0 Å². The van der Waals surface area contributed by atoms with Gasteiger partial charge in [-0.2, -0.15) is 5.10 Å². The molecule has 156 valence electrons. The Labute approximate surface area is 174 Å². The lowest BCUT2D eigenvalue weighted by molar-refractivity contribution is -0.00546. The number of amides is 1. The molecule has 3 aromatic rings. The predicted molar refractivity (Wildman–Crippen MR) is 107 cm³/mol. The highest BCUT2D eigenvalue weighted by Crippen LogP contribution is 2.43. The van der Waals surface area contributed by atoms with Crippen molar-refractivity contribution >= 4 is 11.6 Å². The van der Waals surface area contributed by atoms with Crippen LogP contribution in [0, 0.1) is 11.8 Å². The SMILES string of the molecule is CO[C@@H]1C[C@H]2CN(C(=O)c3cccc4ncnn34)C[C@H]2C[C@H]1n1cc(C2CC2)nn1. The standard InChI is InChI=1S/C21H25N7O2/c1-30-19-8-15-10-26(21(29)17-3-2-4-20-22-12-23-28(17)20)9-14(15)7-18(19)27-11-16(24-25-27)13-5-6-13/h2-4,11-15,18-19H,5-10H2,1H3/t14-,15+,18-,19-/m1/s1. The fourth-order valence-corrected chi connectivity index (χ4v) is 5.28. The molecular formula is C21H25N7O2. The van der Waals surface area contributed by atoms with Crippen molar-refractivity contribution in [3.63, 3.8) is 0 Å². The first-order chi connectivity index (χ1) is 14.7. The number of rotatable bonds is 4. The summed E-state index contributed by atoms with van der Waals surface area (Å²) in [4.78, 5) is 19.4. The molecule has 6 rings (SSSR count). The molecule has 0 aromatic carbocycles. The number of carbonyl (C=O) groups is 1. The van der Waals surface area contributed by atoms with E-state index in [2.05, 4.69) is 26.6 Å².